The third kappa shape index (κ3) is 3.06. The first kappa shape index (κ1) is 13.4. The van der Waals surface area contributed by atoms with Crippen molar-refractivity contribution >= 4 is 22.8 Å². The molecule has 0 saturated carbocycles. The summed E-state index contributed by atoms with van der Waals surface area (Å²) in [6.07, 6.45) is 3.36. The normalized spacial score (nSPS) is 13.1. The second-order valence-corrected chi connectivity index (χ2v) is 5.86. The Morgan fingerprint density at radius 3 is 2.89 bits per heavy atom. The van der Waals surface area contributed by atoms with E-state index in [1.807, 2.05) is 17.8 Å². The number of aromatic nitrogens is 2. The van der Waals surface area contributed by atoms with Crippen molar-refractivity contribution in [1.29, 1.82) is 0 Å². The van der Waals surface area contributed by atoms with Crippen LogP contribution in [0.15, 0.2) is 24.3 Å². The summed E-state index contributed by atoms with van der Waals surface area (Å²) in [6, 6.07) is 8.27. The van der Waals surface area contributed by atoms with E-state index >= 15 is 0 Å². The predicted molar refractivity (Wildman–Crippen MR) is 80.0 cm³/mol. The van der Waals surface area contributed by atoms with Crippen LogP contribution in [0, 0.1) is 0 Å². The molecule has 0 aliphatic heterocycles. The number of aryl methyl sites for hydroxylation is 1. The van der Waals surface area contributed by atoms with E-state index in [4.69, 9.17) is 0 Å². The molecule has 98 valence electrons. The summed E-state index contributed by atoms with van der Waals surface area (Å²) in [5, 5.41) is 4.19. The topological polar surface area (TPSA) is 29.9 Å². The van der Waals surface area contributed by atoms with Crippen molar-refractivity contribution in [2.24, 2.45) is 7.05 Å². The number of rotatable bonds is 6. The molecule has 0 bridgehead atoms. The van der Waals surface area contributed by atoms with Crippen LogP contribution < -0.4 is 5.32 Å². The molecular formula is C14H21N3S. The lowest BCUT2D eigenvalue weighted by atomic mass is 10.3. The summed E-state index contributed by atoms with van der Waals surface area (Å²) >= 11 is 1.92. The monoisotopic (exact) mass is 263 g/mol. The minimum Gasteiger partial charge on any atom is -0.330 e. The molecule has 0 fully saturated rings. The van der Waals surface area contributed by atoms with Crippen molar-refractivity contribution in [3.63, 3.8) is 0 Å². The van der Waals surface area contributed by atoms with Gasteiger partial charge in [0, 0.05) is 12.3 Å². The number of nitrogens with zero attached hydrogens (tertiary/aromatic N) is 2. The van der Waals surface area contributed by atoms with Gasteiger partial charge in [0.15, 0.2) is 0 Å². The Kier molecular flexibility index (Phi) is 4.66. The van der Waals surface area contributed by atoms with Gasteiger partial charge < -0.3 is 9.88 Å². The number of hydrogen-bond donors (Lipinski definition) is 1. The Morgan fingerprint density at radius 1 is 1.39 bits per heavy atom. The third-order valence-corrected chi connectivity index (χ3v) is 4.33. The number of fused-ring (bicyclic) bond motifs is 1. The minimum atomic E-state index is 0.720. The van der Waals surface area contributed by atoms with Crippen LogP contribution in [0.3, 0.4) is 0 Å². The molecule has 18 heavy (non-hydrogen) atoms. The van der Waals surface area contributed by atoms with E-state index in [-0.39, 0.29) is 0 Å². The molecule has 1 unspecified atom stereocenters. The number of hydrogen-bond acceptors (Lipinski definition) is 3. The first-order valence-electron chi connectivity index (χ1n) is 6.36. The molecule has 2 rings (SSSR count). The number of para-hydroxylation sites is 2. The molecule has 3 nitrogen and oxygen atoms in total. The van der Waals surface area contributed by atoms with Crippen molar-refractivity contribution in [2.45, 2.75) is 25.1 Å². The number of nitrogens with one attached hydrogen (secondary N) is 1. The Balaban J connectivity index is 1.94. The molecule has 0 aliphatic rings. The number of imidazole rings is 1. The average molecular weight is 263 g/mol. The summed E-state index contributed by atoms with van der Waals surface area (Å²) < 4.78 is 2.17. The SMILES string of the molecule is CSC(C)CCNCc1nc2ccccc2n1C. The van der Waals surface area contributed by atoms with Gasteiger partial charge in [0.25, 0.3) is 0 Å². The second-order valence-electron chi connectivity index (χ2n) is 4.59. The number of thioether (sulfide) groups is 1. The number of benzene rings is 1. The summed E-state index contributed by atoms with van der Waals surface area (Å²) in [7, 11) is 2.08. The highest BCUT2D eigenvalue weighted by molar-refractivity contribution is 7.99. The highest BCUT2D eigenvalue weighted by Crippen LogP contribution is 2.14. The van der Waals surface area contributed by atoms with E-state index in [0.717, 1.165) is 29.7 Å². The molecule has 1 aromatic carbocycles. The standard InChI is InChI=1S/C14H21N3S/c1-11(18-3)8-9-15-10-14-16-12-6-4-5-7-13(12)17(14)2/h4-7,11,15H,8-10H2,1-3H3. The maximum Gasteiger partial charge on any atom is 0.123 e. The quantitative estimate of drug-likeness (QED) is 0.813. The lowest BCUT2D eigenvalue weighted by molar-refractivity contribution is 0.616. The van der Waals surface area contributed by atoms with Gasteiger partial charge in [-0.1, -0.05) is 19.1 Å². The summed E-state index contributed by atoms with van der Waals surface area (Å²) in [4.78, 5) is 4.64. The minimum absolute atomic E-state index is 0.720. The van der Waals surface area contributed by atoms with Gasteiger partial charge in [-0.15, -0.1) is 0 Å². The molecule has 4 heteroatoms. The third-order valence-electron chi connectivity index (χ3n) is 3.29. The van der Waals surface area contributed by atoms with Gasteiger partial charge in [-0.3, -0.25) is 0 Å². The zero-order valence-electron chi connectivity index (χ0n) is 11.3. The first-order chi connectivity index (χ1) is 8.72. The Labute approximate surface area is 113 Å². The molecule has 0 spiro atoms. The molecule has 0 aliphatic carbocycles. The Hall–Kier alpha value is -1.00. The fourth-order valence-electron chi connectivity index (χ4n) is 1.98. The van der Waals surface area contributed by atoms with E-state index < -0.39 is 0 Å². The zero-order valence-corrected chi connectivity index (χ0v) is 12.1. The molecule has 0 radical (unpaired) electrons. The molecule has 2 aromatic rings. The molecule has 1 N–H and O–H groups in total. The lowest BCUT2D eigenvalue weighted by Gasteiger charge is -2.09. The Bertz CT molecular complexity index is 507. The smallest absolute Gasteiger partial charge is 0.123 e. The van der Waals surface area contributed by atoms with Crippen molar-refractivity contribution < 1.29 is 0 Å². The van der Waals surface area contributed by atoms with E-state index in [9.17, 15) is 0 Å². The molecule has 1 atom stereocenters. The second kappa shape index (κ2) is 6.25. The largest absolute Gasteiger partial charge is 0.330 e. The van der Waals surface area contributed by atoms with Gasteiger partial charge in [-0.25, -0.2) is 4.98 Å². The fourth-order valence-corrected chi connectivity index (χ4v) is 2.33. The van der Waals surface area contributed by atoms with Crippen LogP contribution in [0.4, 0.5) is 0 Å². The predicted octanol–water partition coefficient (Wildman–Crippen LogP) is 2.80. The van der Waals surface area contributed by atoms with Crippen LogP contribution in [0.2, 0.25) is 0 Å². The molecule has 0 amide bonds. The van der Waals surface area contributed by atoms with Crippen molar-refractivity contribution in [3.05, 3.63) is 30.1 Å². The molecule has 1 aromatic heterocycles. The first-order valence-corrected chi connectivity index (χ1v) is 7.65. The molecule has 0 saturated heterocycles. The van der Waals surface area contributed by atoms with Crippen molar-refractivity contribution in [2.75, 3.05) is 12.8 Å². The zero-order chi connectivity index (χ0) is 13.0. The van der Waals surface area contributed by atoms with Gasteiger partial charge in [0.1, 0.15) is 5.82 Å². The van der Waals surface area contributed by atoms with Crippen LogP contribution in [0.25, 0.3) is 11.0 Å². The lowest BCUT2D eigenvalue weighted by Crippen LogP contribution is -2.19. The summed E-state index contributed by atoms with van der Waals surface area (Å²) in [5.41, 5.74) is 2.28. The Morgan fingerprint density at radius 2 is 2.17 bits per heavy atom. The maximum atomic E-state index is 4.64. The van der Waals surface area contributed by atoms with Crippen LogP contribution in [0.1, 0.15) is 19.2 Å². The van der Waals surface area contributed by atoms with Gasteiger partial charge >= 0.3 is 0 Å². The van der Waals surface area contributed by atoms with Crippen LogP contribution >= 0.6 is 11.8 Å². The average Bonchev–Trinajstić information content (AvgIpc) is 2.72. The van der Waals surface area contributed by atoms with Crippen LogP contribution in [0.5, 0.6) is 0 Å². The van der Waals surface area contributed by atoms with Gasteiger partial charge in [-0.05, 0) is 31.4 Å². The van der Waals surface area contributed by atoms with Gasteiger partial charge in [0.05, 0.1) is 17.6 Å². The summed E-state index contributed by atoms with van der Waals surface area (Å²) in [6.45, 7) is 4.15. The van der Waals surface area contributed by atoms with E-state index in [2.05, 4.69) is 53.3 Å². The maximum absolute atomic E-state index is 4.64. The molecule has 1 heterocycles. The van der Waals surface area contributed by atoms with E-state index in [0.29, 0.717) is 0 Å². The van der Waals surface area contributed by atoms with E-state index in [1.165, 1.54) is 11.9 Å². The highest BCUT2D eigenvalue weighted by Gasteiger charge is 2.06. The highest BCUT2D eigenvalue weighted by atomic mass is 32.2. The van der Waals surface area contributed by atoms with E-state index in [1.54, 1.807) is 0 Å². The van der Waals surface area contributed by atoms with Gasteiger partial charge in [-0.2, -0.15) is 11.8 Å². The molecular weight excluding hydrogens is 242 g/mol. The van der Waals surface area contributed by atoms with Crippen LogP contribution in [-0.4, -0.2) is 27.6 Å². The summed E-state index contributed by atoms with van der Waals surface area (Å²) in [5.74, 6) is 1.10. The van der Waals surface area contributed by atoms with Crippen molar-refractivity contribution in [3.8, 4) is 0 Å². The van der Waals surface area contributed by atoms with Crippen molar-refractivity contribution in [1.82, 2.24) is 14.9 Å². The van der Waals surface area contributed by atoms with Gasteiger partial charge in [0.2, 0.25) is 0 Å². The fraction of sp³-hybridized carbons (Fsp3) is 0.500. The van der Waals surface area contributed by atoms with Crippen LogP contribution in [-0.2, 0) is 13.6 Å².